The van der Waals surface area contributed by atoms with Crippen LogP contribution in [0.15, 0.2) is 69.6 Å². The van der Waals surface area contributed by atoms with Crippen LogP contribution in [-0.4, -0.2) is 30.0 Å². The number of anilines is 1. The summed E-state index contributed by atoms with van der Waals surface area (Å²) < 4.78 is 13.3. The second-order valence-electron chi connectivity index (χ2n) is 8.95. The quantitative estimate of drug-likeness (QED) is 0.285. The average molecular weight is 617 g/mol. The lowest BCUT2D eigenvalue weighted by Gasteiger charge is -2.25. The first-order valence-electron chi connectivity index (χ1n) is 11.3. The molecule has 2 N–H and O–H groups in total. The lowest BCUT2D eigenvalue weighted by Crippen LogP contribution is -2.54. The minimum Gasteiger partial charge on any atom is -0.493 e. The summed E-state index contributed by atoms with van der Waals surface area (Å²) in [7, 11) is 1.53. The van der Waals surface area contributed by atoms with Gasteiger partial charge in [0, 0.05) is 26.7 Å². The van der Waals surface area contributed by atoms with Crippen molar-refractivity contribution in [1.82, 2.24) is 5.32 Å². The van der Waals surface area contributed by atoms with E-state index in [1.807, 2.05) is 37.3 Å². The maximum Gasteiger partial charge on any atom is 0.256 e. The van der Waals surface area contributed by atoms with Crippen molar-refractivity contribution in [3.8, 4) is 11.5 Å². The van der Waals surface area contributed by atoms with Crippen LogP contribution >= 0.6 is 31.9 Å². The lowest BCUT2D eigenvalue weighted by atomic mass is 9.78. The Hall–Kier alpha value is -2.95. The van der Waals surface area contributed by atoms with Crippen molar-refractivity contribution in [1.29, 1.82) is 0 Å². The van der Waals surface area contributed by atoms with E-state index >= 15 is 0 Å². The third-order valence-electron chi connectivity index (χ3n) is 6.90. The largest absolute Gasteiger partial charge is 0.493 e. The zero-order chi connectivity index (χ0) is 25.6. The number of methoxy groups -OCH3 is 1. The van der Waals surface area contributed by atoms with Crippen LogP contribution in [-0.2, 0) is 16.9 Å². The SMILES string of the molecule is COc1cc([C@@H]2[C@H](C)N[C@@]3(C(=O)Nc4ccccc43)[C@@H]2[N+](=O)[O-])cc(Br)c1OCc1ccc(Br)cc1. The molecule has 3 aromatic rings. The van der Waals surface area contributed by atoms with Gasteiger partial charge in [-0.25, -0.2) is 0 Å². The summed E-state index contributed by atoms with van der Waals surface area (Å²) in [5, 5.41) is 18.7. The number of amides is 1. The van der Waals surface area contributed by atoms with Crippen molar-refractivity contribution in [3.05, 3.63) is 96.4 Å². The fourth-order valence-electron chi connectivity index (χ4n) is 5.36. The van der Waals surface area contributed by atoms with E-state index in [9.17, 15) is 14.9 Å². The van der Waals surface area contributed by atoms with Crippen LogP contribution in [0.1, 0.15) is 29.5 Å². The van der Waals surface area contributed by atoms with Gasteiger partial charge in [-0.1, -0.05) is 46.3 Å². The van der Waals surface area contributed by atoms with Gasteiger partial charge in [-0.05, 0) is 64.3 Å². The van der Waals surface area contributed by atoms with E-state index in [0.717, 1.165) is 10.0 Å². The Balaban J connectivity index is 1.53. The number of carbonyl (C=O) groups is 1. The second-order valence-corrected chi connectivity index (χ2v) is 10.7. The van der Waals surface area contributed by atoms with Crippen LogP contribution in [0, 0.1) is 10.1 Å². The molecule has 0 radical (unpaired) electrons. The topological polar surface area (TPSA) is 103 Å². The molecule has 1 saturated heterocycles. The molecular weight excluding hydrogens is 594 g/mol. The molecule has 2 heterocycles. The minimum atomic E-state index is -1.47. The predicted molar refractivity (Wildman–Crippen MR) is 142 cm³/mol. The van der Waals surface area contributed by atoms with Crippen LogP contribution in [0.5, 0.6) is 11.5 Å². The summed E-state index contributed by atoms with van der Waals surface area (Å²) in [4.78, 5) is 25.4. The third kappa shape index (κ3) is 3.97. The molecule has 8 nitrogen and oxygen atoms in total. The molecule has 0 aliphatic carbocycles. The van der Waals surface area contributed by atoms with Gasteiger partial charge < -0.3 is 14.8 Å². The number of hydrogen-bond donors (Lipinski definition) is 2. The van der Waals surface area contributed by atoms with Crippen LogP contribution in [0.4, 0.5) is 5.69 Å². The van der Waals surface area contributed by atoms with Gasteiger partial charge in [-0.3, -0.25) is 20.2 Å². The first-order chi connectivity index (χ1) is 17.3. The van der Waals surface area contributed by atoms with Crippen molar-refractivity contribution < 1.29 is 19.2 Å². The fourth-order valence-corrected chi connectivity index (χ4v) is 6.20. The number of fused-ring (bicyclic) bond motifs is 2. The number of nitrogens with zero attached hydrogens (tertiary/aromatic N) is 1. The Morgan fingerprint density at radius 1 is 1.11 bits per heavy atom. The summed E-state index contributed by atoms with van der Waals surface area (Å²) in [5.74, 6) is -0.0787. The molecule has 10 heteroatoms. The summed E-state index contributed by atoms with van der Waals surface area (Å²) in [5.41, 5.74) is 1.36. The molecule has 186 valence electrons. The molecule has 0 saturated carbocycles. The standard InChI is InChI=1S/C26H23Br2N3O5/c1-14-22(24(31(33)34)26(30-14)18-5-3-4-6-20(18)29-25(26)32)16-11-19(28)23(21(12-16)35-2)36-13-15-7-9-17(27)10-8-15/h3-12,14,22,24,30H,13H2,1-2H3,(H,29,32)/t14-,22-,24+,26+/m0/s1. The molecular formula is C26H23Br2N3O5. The number of benzene rings is 3. The molecule has 3 aromatic carbocycles. The van der Waals surface area contributed by atoms with Crippen LogP contribution < -0.4 is 20.1 Å². The Bertz CT molecular complexity index is 1350. The molecule has 0 aromatic heterocycles. The Labute approximate surface area is 224 Å². The van der Waals surface area contributed by atoms with Gasteiger partial charge in [0.15, 0.2) is 17.0 Å². The molecule has 2 aliphatic heterocycles. The maximum atomic E-state index is 13.2. The molecule has 0 bridgehead atoms. The number of halogens is 2. The molecule has 36 heavy (non-hydrogen) atoms. The Morgan fingerprint density at radius 3 is 2.53 bits per heavy atom. The minimum absolute atomic E-state index is 0.320. The molecule has 0 unspecified atom stereocenters. The molecule has 1 spiro atoms. The zero-order valence-corrected chi connectivity index (χ0v) is 22.6. The smallest absolute Gasteiger partial charge is 0.256 e. The van der Waals surface area contributed by atoms with Gasteiger partial charge in [-0.15, -0.1) is 0 Å². The number of nitrogens with one attached hydrogen (secondary N) is 2. The van der Waals surface area contributed by atoms with E-state index in [-0.39, 0.29) is 11.0 Å². The number of carbonyl (C=O) groups excluding carboxylic acids is 1. The summed E-state index contributed by atoms with van der Waals surface area (Å²) >= 11 is 7.00. The van der Waals surface area contributed by atoms with Gasteiger partial charge in [0.1, 0.15) is 6.61 Å². The first kappa shape index (κ1) is 24.7. The Kier molecular flexibility index (Phi) is 6.52. The first-order valence-corrected chi connectivity index (χ1v) is 12.9. The summed E-state index contributed by atoms with van der Waals surface area (Å²) in [6, 6.07) is 16.9. The number of hydrogen-bond acceptors (Lipinski definition) is 6. The zero-order valence-electron chi connectivity index (χ0n) is 19.5. The van der Waals surface area contributed by atoms with E-state index < -0.39 is 23.4 Å². The van der Waals surface area contributed by atoms with Crippen molar-refractivity contribution >= 4 is 43.5 Å². The number of ether oxygens (including phenoxy) is 2. The van der Waals surface area contributed by atoms with Gasteiger partial charge in [0.05, 0.1) is 17.5 Å². The van der Waals surface area contributed by atoms with E-state index in [4.69, 9.17) is 9.47 Å². The highest BCUT2D eigenvalue weighted by atomic mass is 79.9. The number of nitro groups is 1. The van der Waals surface area contributed by atoms with Crippen molar-refractivity contribution in [2.24, 2.45) is 0 Å². The molecule has 2 aliphatic rings. The molecule has 5 rings (SSSR count). The van der Waals surface area contributed by atoms with Gasteiger partial charge in [0.2, 0.25) is 0 Å². The molecule has 1 fully saturated rings. The molecule has 4 atom stereocenters. The average Bonchev–Trinajstić information content (AvgIpc) is 3.32. The number of para-hydroxylation sites is 1. The van der Waals surface area contributed by atoms with Crippen LogP contribution in [0.2, 0.25) is 0 Å². The normalized spacial score (nSPS) is 24.4. The maximum absolute atomic E-state index is 13.2. The van der Waals surface area contributed by atoms with Crippen LogP contribution in [0.25, 0.3) is 0 Å². The van der Waals surface area contributed by atoms with Gasteiger partial charge >= 0.3 is 0 Å². The van der Waals surface area contributed by atoms with Crippen molar-refractivity contribution in [2.75, 3.05) is 12.4 Å². The molecule has 1 amide bonds. The predicted octanol–water partition coefficient (Wildman–Crippen LogP) is 5.37. The highest BCUT2D eigenvalue weighted by Gasteiger charge is 2.67. The van der Waals surface area contributed by atoms with Gasteiger partial charge in [0.25, 0.3) is 11.9 Å². The summed E-state index contributed by atoms with van der Waals surface area (Å²) in [6.45, 7) is 2.18. The van der Waals surface area contributed by atoms with E-state index in [0.29, 0.717) is 39.4 Å². The third-order valence-corrected chi connectivity index (χ3v) is 8.01. The van der Waals surface area contributed by atoms with Crippen molar-refractivity contribution in [3.63, 3.8) is 0 Å². The fraction of sp³-hybridized carbons (Fsp3) is 0.269. The monoisotopic (exact) mass is 615 g/mol. The van der Waals surface area contributed by atoms with E-state index in [2.05, 4.69) is 42.5 Å². The Morgan fingerprint density at radius 2 is 1.83 bits per heavy atom. The second kappa shape index (κ2) is 9.49. The highest BCUT2D eigenvalue weighted by Crippen LogP contribution is 2.51. The lowest BCUT2D eigenvalue weighted by molar-refractivity contribution is -0.532. The van der Waals surface area contributed by atoms with Crippen LogP contribution in [0.3, 0.4) is 0 Å². The van der Waals surface area contributed by atoms with Crippen molar-refractivity contribution in [2.45, 2.75) is 37.1 Å². The highest BCUT2D eigenvalue weighted by molar-refractivity contribution is 9.10. The summed E-state index contributed by atoms with van der Waals surface area (Å²) in [6.07, 6.45) is 0. The van der Waals surface area contributed by atoms with E-state index in [1.54, 1.807) is 30.3 Å². The van der Waals surface area contributed by atoms with E-state index in [1.165, 1.54) is 7.11 Å². The number of rotatable bonds is 6. The van der Waals surface area contributed by atoms with Gasteiger partial charge in [-0.2, -0.15) is 0 Å².